The Bertz CT molecular complexity index is 1150. The second kappa shape index (κ2) is 6.09. The molecule has 0 radical (unpaired) electrons. The van der Waals surface area contributed by atoms with Crippen LogP contribution in [0, 0.1) is 0 Å². The summed E-state index contributed by atoms with van der Waals surface area (Å²) in [5.74, 6) is 0.270. The van der Waals surface area contributed by atoms with Crippen LogP contribution in [0.4, 0.5) is 11.6 Å². The molecule has 0 aliphatic rings. The Balaban J connectivity index is 1.83. The average molecular weight is 330 g/mol. The monoisotopic (exact) mass is 330 g/mol. The summed E-state index contributed by atoms with van der Waals surface area (Å²) < 4.78 is 0. The first-order valence-electron chi connectivity index (χ1n) is 7.75. The summed E-state index contributed by atoms with van der Waals surface area (Å²) in [6.07, 6.45) is 0. The van der Waals surface area contributed by atoms with Gasteiger partial charge in [0.1, 0.15) is 5.65 Å². The van der Waals surface area contributed by atoms with Gasteiger partial charge in [-0.05, 0) is 23.8 Å². The summed E-state index contributed by atoms with van der Waals surface area (Å²) in [5, 5.41) is 3.34. The first-order chi connectivity index (χ1) is 12.2. The van der Waals surface area contributed by atoms with E-state index < -0.39 is 0 Å². The molecule has 6 nitrogen and oxygen atoms in total. The van der Waals surface area contributed by atoms with E-state index in [4.69, 9.17) is 0 Å². The molecule has 0 saturated carbocycles. The summed E-state index contributed by atoms with van der Waals surface area (Å²) in [5.41, 5.74) is 1.60. The highest BCUT2D eigenvalue weighted by atomic mass is 16.1. The second-order valence-corrected chi connectivity index (χ2v) is 5.55. The molecule has 0 bridgehead atoms. The smallest absolute Gasteiger partial charge is 0.261 e. The molecule has 0 saturated heterocycles. The molecule has 0 fully saturated rings. The van der Waals surface area contributed by atoms with Crippen LogP contribution in [0.1, 0.15) is 0 Å². The van der Waals surface area contributed by atoms with E-state index in [0.29, 0.717) is 10.9 Å². The molecule has 4 aromatic rings. The quantitative estimate of drug-likeness (QED) is 0.538. The highest BCUT2D eigenvalue weighted by Crippen LogP contribution is 2.18. The molecule has 122 valence electrons. The van der Waals surface area contributed by atoms with Crippen LogP contribution in [-0.4, -0.2) is 15.0 Å². The van der Waals surface area contributed by atoms with Crippen LogP contribution in [0.5, 0.6) is 0 Å². The maximum atomic E-state index is 12.4. The minimum atomic E-state index is -0.322. The molecular formula is C19H14N4O2. The fourth-order valence-corrected chi connectivity index (χ4v) is 2.65. The number of rotatable bonds is 3. The van der Waals surface area contributed by atoms with Crippen LogP contribution in [0.25, 0.3) is 22.2 Å². The van der Waals surface area contributed by atoms with Crippen LogP contribution in [0.3, 0.4) is 0 Å². The first kappa shape index (κ1) is 14.9. The molecule has 4 rings (SSSR count). The van der Waals surface area contributed by atoms with Crippen molar-refractivity contribution >= 4 is 22.7 Å². The van der Waals surface area contributed by atoms with Crippen molar-refractivity contribution in [1.82, 2.24) is 15.0 Å². The summed E-state index contributed by atoms with van der Waals surface area (Å²) in [7, 11) is 0. The van der Waals surface area contributed by atoms with Gasteiger partial charge in [0.15, 0.2) is 0 Å². The molecule has 2 aromatic carbocycles. The molecular weight excluding hydrogens is 316 g/mol. The zero-order valence-electron chi connectivity index (χ0n) is 13.1. The molecule has 0 unspecified atom stereocenters. The van der Waals surface area contributed by atoms with Gasteiger partial charge in [0.2, 0.25) is 5.95 Å². The van der Waals surface area contributed by atoms with Gasteiger partial charge in [-0.2, -0.15) is 4.98 Å². The lowest BCUT2D eigenvalue weighted by Crippen LogP contribution is -2.17. The van der Waals surface area contributed by atoms with Crippen molar-refractivity contribution < 1.29 is 0 Å². The minimum Gasteiger partial charge on any atom is -0.326 e. The van der Waals surface area contributed by atoms with Crippen molar-refractivity contribution in [3.05, 3.63) is 87.4 Å². The van der Waals surface area contributed by atoms with Gasteiger partial charge in [0.05, 0.1) is 5.39 Å². The number of pyridine rings is 1. The van der Waals surface area contributed by atoms with Gasteiger partial charge in [-0.3, -0.25) is 14.6 Å². The topological polar surface area (TPSA) is 90.6 Å². The number of hydrogen-bond donors (Lipinski definition) is 3. The van der Waals surface area contributed by atoms with E-state index in [0.717, 1.165) is 11.3 Å². The SMILES string of the molecule is O=c1[nH]c2nc(Nc3ccccc3)[nH]c(=O)c2cc1-c1ccccc1. The van der Waals surface area contributed by atoms with E-state index in [9.17, 15) is 9.59 Å². The minimum absolute atomic E-state index is 0.242. The van der Waals surface area contributed by atoms with Crippen molar-refractivity contribution in [2.75, 3.05) is 5.32 Å². The van der Waals surface area contributed by atoms with Crippen LogP contribution < -0.4 is 16.4 Å². The molecule has 2 heterocycles. The predicted molar refractivity (Wildman–Crippen MR) is 98.1 cm³/mol. The van der Waals surface area contributed by atoms with E-state index in [1.54, 1.807) is 6.07 Å². The van der Waals surface area contributed by atoms with E-state index in [1.807, 2.05) is 60.7 Å². The van der Waals surface area contributed by atoms with E-state index >= 15 is 0 Å². The third-order valence-electron chi connectivity index (χ3n) is 3.84. The number of para-hydroxylation sites is 1. The highest BCUT2D eigenvalue weighted by Gasteiger charge is 2.10. The number of H-pyrrole nitrogens is 2. The number of hydrogen-bond acceptors (Lipinski definition) is 4. The van der Waals surface area contributed by atoms with Gasteiger partial charge < -0.3 is 10.3 Å². The summed E-state index contributed by atoms with van der Waals surface area (Å²) in [4.78, 5) is 34.5. The Morgan fingerprint density at radius 1 is 0.800 bits per heavy atom. The number of fused-ring (bicyclic) bond motifs is 1. The maximum absolute atomic E-state index is 12.4. The normalized spacial score (nSPS) is 10.7. The molecule has 0 aliphatic heterocycles. The number of benzene rings is 2. The number of aromatic nitrogens is 3. The van der Waals surface area contributed by atoms with Crippen molar-refractivity contribution in [1.29, 1.82) is 0 Å². The number of anilines is 2. The lowest BCUT2D eigenvalue weighted by atomic mass is 10.1. The lowest BCUT2D eigenvalue weighted by Gasteiger charge is -2.07. The highest BCUT2D eigenvalue weighted by molar-refractivity contribution is 5.80. The van der Waals surface area contributed by atoms with E-state index in [1.165, 1.54) is 0 Å². The largest absolute Gasteiger partial charge is 0.326 e. The van der Waals surface area contributed by atoms with Gasteiger partial charge in [-0.1, -0.05) is 48.5 Å². The maximum Gasteiger partial charge on any atom is 0.261 e. The molecule has 0 aliphatic carbocycles. The van der Waals surface area contributed by atoms with Gasteiger partial charge in [0.25, 0.3) is 11.1 Å². The number of nitrogens with one attached hydrogen (secondary N) is 3. The van der Waals surface area contributed by atoms with E-state index in [-0.39, 0.29) is 22.7 Å². The molecule has 2 aromatic heterocycles. The van der Waals surface area contributed by atoms with Crippen molar-refractivity contribution in [2.24, 2.45) is 0 Å². The van der Waals surface area contributed by atoms with Crippen molar-refractivity contribution in [2.45, 2.75) is 0 Å². The molecule has 0 spiro atoms. The van der Waals surface area contributed by atoms with Crippen LogP contribution in [0.2, 0.25) is 0 Å². The summed E-state index contributed by atoms with van der Waals surface area (Å²) in [6, 6.07) is 20.1. The Hall–Kier alpha value is -3.67. The standard InChI is InChI=1S/C19H14N4O2/c24-17-14(12-7-3-1-4-8-12)11-15-16(21-17)22-19(23-18(15)25)20-13-9-5-2-6-10-13/h1-11H,(H3,20,21,22,23,24,25). The number of nitrogens with zero attached hydrogens (tertiary/aromatic N) is 1. The van der Waals surface area contributed by atoms with Gasteiger partial charge in [-0.25, -0.2) is 0 Å². The Kier molecular flexibility index (Phi) is 3.63. The Morgan fingerprint density at radius 2 is 1.48 bits per heavy atom. The van der Waals surface area contributed by atoms with Gasteiger partial charge in [0, 0.05) is 11.3 Å². The molecule has 0 atom stereocenters. The van der Waals surface area contributed by atoms with Crippen LogP contribution >= 0.6 is 0 Å². The lowest BCUT2D eigenvalue weighted by molar-refractivity contribution is 1.13. The van der Waals surface area contributed by atoms with Crippen LogP contribution in [0.15, 0.2) is 76.3 Å². The third-order valence-corrected chi connectivity index (χ3v) is 3.84. The molecule has 6 heteroatoms. The molecule has 0 amide bonds. The molecule has 3 N–H and O–H groups in total. The molecule has 25 heavy (non-hydrogen) atoms. The van der Waals surface area contributed by atoms with Crippen molar-refractivity contribution in [3.63, 3.8) is 0 Å². The fraction of sp³-hybridized carbons (Fsp3) is 0. The third kappa shape index (κ3) is 2.92. The number of aromatic amines is 2. The van der Waals surface area contributed by atoms with Crippen LogP contribution in [-0.2, 0) is 0 Å². The second-order valence-electron chi connectivity index (χ2n) is 5.55. The van der Waals surface area contributed by atoms with Gasteiger partial charge in [-0.15, -0.1) is 0 Å². The Morgan fingerprint density at radius 3 is 2.20 bits per heavy atom. The fourth-order valence-electron chi connectivity index (χ4n) is 2.65. The van der Waals surface area contributed by atoms with Crippen molar-refractivity contribution in [3.8, 4) is 11.1 Å². The zero-order chi connectivity index (χ0) is 17.2. The summed E-state index contributed by atoms with van der Waals surface area (Å²) in [6.45, 7) is 0. The predicted octanol–water partition coefficient (Wildman–Crippen LogP) is 3.02. The zero-order valence-corrected chi connectivity index (χ0v) is 13.1. The Labute approximate surface area is 142 Å². The first-order valence-corrected chi connectivity index (χ1v) is 7.75. The van der Waals surface area contributed by atoms with E-state index in [2.05, 4.69) is 20.3 Å². The average Bonchev–Trinajstić information content (AvgIpc) is 2.63. The summed E-state index contributed by atoms with van der Waals surface area (Å²) >= 11 is 0. The van der Waals surface area contributed by atoms with Gasteiger partial charge >= 0.3 is 0 Å².